The Labute approximate surface area is 144 Å². The normalized spacial score (nSPS) is 10.4. The maximum absolute atomic E-state index is 12.2. The Bertz CT molecular complexity index is 675. The number of nitrogens with zero attached hydrogens (tertiary/aromatic N) is 1. The average molecular weight is 383 g/mol. The summed E-state index contributed by atoms with van der Waals surface area (Å²) in [5.74, 6) is 0.407. The van der Waals surface area contributed by atoms with E-state index in [1.807, 2.05) is 37.3 Å². The van der Waals surface area contributed by atoms with Crippen molar-refractivity contribution in [2.45, 2.75) is 13.5 Å². The Kier molecular flexibility index (Phi) is 5.86. The SMILES string of the molecule is Cc1ccccc1CN(C)C(=O)COc1ccc(Br)cc1Cl. The fourth-order valence-corrected chi connectivity index (χ4v) is 2.70. The Hall–Kier alpha value is -1.52. The maximum atomic E-state index is 12.2. The number of aryl methyl sites for hydroxylation is 1. The molecule has 5 heteroatoms. The lowest BCUT2D eigenvalue weighted by Gasteiger charge is -2.19. The Morgan fingerprint density at radius 2 is 2.00 bits per heavy atom. The first kappa shape index (κ1) is 16.8. The highest BCUT2D eigenvalue weighted by Gasteiger charge is 2.12. The first-order chi connectivity index (χ1) is 10.5. The van der Waals surface area contributed by atoms with Gasteiger partial charge in [0.2, 0.25) is 0 Å². The number of ether oxygens (including phenoxy) is 1. The molecule has 0 spiro atoms. The van der Waals surface area contributed by atoms with Crippen molar-refractivity contribution in [3.63, 3.8) is 0 Å². The van der Waals surface area contributed by atoms with Gasteiger partial charge in [-0.25, -0.2) is 0 Å². The Morgan fingerprint density at radius 3 is 2.68 bits per heavy atom. The third-order valence-electron chi connectivity index (χ3n) is 3.34. The van der Waals surface area contributed by atoms with Gasteiger partial charge in [0.25, 0.3) is 5.91 Å². The zero-order valence-electron chi connectivity index (χ0n) is 12.5. The number of carbonyl (C=O) groups excluding carboxylic acids is 1. The summed E-state index contributed by atoms with van der Waals surface area (Å²) < 4.78 is 6.37. The molecule has 1 amide bonds. The van der Waals surface area contributed by atoms with Gasteiger partial charge in [-0.05, 0) is 36.2 Å². The molecule has 0 radical (unpaired) electrons. The van der Waals surface area contributed by atoms with Gasteiger partial charge < -0.3 is 9.64 Å². The predicted octanol–water partition coefficient (Wildman–Crippen LogP) is 4.45. The van der Waals surface area contributed by atoms with Gasteiger partial charge in [-0.3, -0.25) is 4.79 Å². The van der Waals surface area contributed by atoms with Crippen molar-refractivity contribution >= 4 is 33.4 Å². The van der Waals surface area contributed by atoms with Crippen molar-refractivity contribution in [2.24, 2.45) is 0 Å². The Morgan fingerprint density at radius 1 is 1.27 bits per heavy atom. The molecule has 2 aromatic rings. The molecule has 0 fully saturated rings. The summed E-state index contributed by atoms with van der Waals surface area (Å²) >= 11 is 9.39. The lowest BCUT2D eigenvalue weighted by Crippen LogP contribution is -2.31. The molecule has 0 heterocycles. The standard InChI is InChI=1S/C17H17BrClNO2/c1-12-5-3-4-6-13(12)10-20(2)17(21)11-22-16-8-7-14(18)9-15(16)19/h3-9H,10-11H2,1-2H3. The number of hydrogen-bond donors (Lipinski definition) is 0. The molecule has 0 saturated carbocycles. The fraction of sp³-hybridized carbons (Fsp3) is 0.235. The second-order valence-corrected chi connectivity index (χ2v) is 6.36. The van der Waals surface area contributed by atoms with Crippen LogP contribution in [0.1, 0.15) is 11.1 Å². The molecule has 22 heavy (non-hydrogen) atoms. The van der Waals surface area contributed by atoms with E-state index in [0.717, 1.165) is 10.0 Å². The van der Waals surface area contributed by atoms with Crippen molar-refractivity contribution in [3.8, 4) is 5.75 Å². The van der Waals surface area contributed by atoms with Gasteiger partial charge in [0.1, 0.15) is 5.75 Å². The summed E-state index contributed by atoms with van der Waals surface area (Å²) in [5.41, 5.74) is 2.29. The molecule has 116 valence electrons. The summed E-state index contributed by atoms with van der Waals surface area (Å²) in [7, 11) is 1.77. The van der Waals surface area contributed by atoms with Crippen LogP contribution in [0.25, 0.3) is 0 Å². The third-order valence-corrected chi connectivity index (χ3v) is 4.13. The molecule has 0 aliphatic heterocycles. The van der Waals surface area contributed by atoms with Crippen LogP contribution in [-0.2, 0) is 11.3 Å². The van der Waals surface area contributed by atoms with E-state index in [1.165, 1.54) is 5.56 Å². The van der Waals surface area contributed by atoms with Crippen molar-refractivity contribution in [1.29, 1.82) is 0 Å². The number of likely N-dealkylation sites (N-methyl/N-ethyl adjacent to an activating group) is 1. The summed E-state index contributed by atoms with van der Waals surface area (Å²) in [6, 6.07) is 13.3. The van der Waals surface area contributed by atoms with Crippen LogP contribution in [-0.4, -0.2) is 24.5 Å². The monoisotopic (exact) mass is 381 g/mol. The first-order valence-electron chi connectivity index (χ1n) is 6.83. The van der Waals surface area contributed by atoms with Crippen LogP contribution in [0.4, 0.5) is 0 Å². The molecule has 0 saturated heterocycles. The number of amides is 1. The summed E-state index contributed by atoms with van der Waals surface area (Å²) in [6.07, 6.45) is 0. The average Bonchev–Trinajstić information content (AvgIpc) is 2.48. The third kappa shape index (κ3) is 4.49. The van der Waals surface area contributed by atoms with Crippen molar-refractivity contribution < 1.29 is 9.53 Å². The lowest BCUT2D eigenvalue weighted by atomic mass is 10.1. The number of carbonyl (C=O) groups is 1. The molecule has 0 bridgehead atoms. The van der Waals surface area contributed by atoms with Gasteiger partial charge in [-0.1, -0.05) is 51.8 Å². The second kappa shape index (κ2) is 7.65. The van der Waals surface area contributed by atoms with E-state index < -0.39 is 0 Å². The van der Waals surface area contributed by atoms with Gasteiger partial charge in [0.15, 0.2) is 6.61 Å². The second-order valence-electron chi connectivity index (χ2n) is 5.04. The van der Waals surface area contributed by atoms with Crippen LogP contribution in [0.3, 0.4) is 0 Å². The number of hydrogen-bond acceptors (Lipinski definition) is 2. The van der Waals surface area contributed by atoms with Gasteiger partial charge in [-0.15, -0.1) is 0 Å². The van der Waals surface area contributed by atoms with E-state index in [9.17, 15) is 4.79 Å². The number of benzene rings is 2. The van der Waals surface area contributed by atoms with Crippen LogP contribution >= 0.6 is 27.5 Å². The smallest absolute Gasteiger partial charge is 0.260 e. The minimum atomic E-state index is -0.0951. The van der Waals surface area contributed by atoms with Crippen LogP contribution < -0.4 is 4.74 Å². The number of halogens is 2. The van der Waals surface area contributed by atoms with Gasteiger partial charge in [0.05, 0.1) is 5.02 Å². The highest BCUT2D eigenvalue weighted by molar-refractivity contribution is 9.10. The van der Waals surface area contributed by atoms with E-state index >= 15 is 0 Å². The van der Waals surface area contributed by atoms with E-state index in [2.05, 4.69) is 15.9 Å². The molecule has 2 rings (SSSR count). The molecule has 0 N–H and O–H groups in total. The van der Waals surface area contributed by atoms with Gasteiger partial charge in [0, 0.05) is 18.1 Å². The van der Waals surface area contributed by atoms with Gasteiger partial charge in [-0.2, -0.15) is 0 Å². The van der Waals surface area contributed by atoms with Crippen LogP contribution in [0.15, 0.2) is 46.9 Å². The molecule has 0 aliphatic rings. The van der Waals surface area contributed by atoms with Crippen LogP contribution in [0, 0.1) is 6.92 Å². The van der Waals surface area contributed by atoms with E-state index in [4.69, 9.17) is 16.3 Å². The van der Waals surface area contributed by atoms with E-state index in [1.54, 1.807) is 24.1 Å². The summed E-state index contributed by atoms with van der Waals surface area (Å²) in [4.78, 5) is 13.8. The highest BCUT2D eigenvalue weighted by Crippen LogP contribution is 2.27. The number of rotatable bonds is 5. The summed E-state index contributed by atoms with van der Waals surface area (Å²) in [6.45, 7) is 2.55. The zero-order chi connectivity index (χ0) is 16.1. The molecule has 2 aromatic carbocycles. The topological polar surface area (TPSA) is 29.5 Å². The van der Waals surface area contributed by atoms with E-state index in [-0.39, 0.29) is 12.5 Å². The van der Waals surface area contributed by atoms with Crippen LogP contribution in [0.2, 0.25) is 5.02 Å². The van der Waals surface area contributed by atoms with Crippen molar-refractivity contribution in [2.75, 3.05) is 13.7 Å². The quantitative estimate of drug-likeness (QED) is 0.764. The Balaban J connectivity index is 1.93. The van der Waals surface area contributed by atoms with Crippen molar-refractivity contribution in [3.05, 3.63) is 63.1 Å². The molecule has 0 aromatic heterocycles. The summed E-state index contributed by atoms with van der Waals surface area (Å²) in [5, 5.41) is 0.476. The van der Waals surface area contributed by atoms with E-state index in [0.29, 0.717) is 17.3 Å². The predicted molar refractivity (Wildman–Crippen MR) is 92.3 cm³/mol. The minimum absolute atomic E-state index is 0.0380. The largest absolute Gasteiger partial charge is 0.482 e. The molecule has 0 aliphatic carbocycles. The first-order valence-corrected chi connectivity index (χ1v) is 8.01. The minimum Gasteiger partial charge on any atom is -0.482 e. The molecular weight excluding hydrogens is 366 g/mol. The highest BCUT2D eigenvalue weighted by atomic mass is 79.9. The van der Waals surface area contributed by atoms with Crippen LogP contribution in [0.5, 0.6) is 5.75 Å². The van der Waals surface area contributed by atoms with Gasteiger partial charge >= 0.3 is 0 Å². The fourth-order valence-electron chi connectivity index (χ4n) is 1.97. The molecule has 3 nitrogen and oxygen atoms in total. The van der Waals surface area contributed by atoms with Crippen molar-refractivity contribution in [1.82, 2.24) is 4.90 Å². The molecule has 0 unspecified atom stereocenters. The molecular formula is C17H17BrClNO2. The lowest BCUT2D eigenvalue weighted by molar-refractivity contribution is -0.132. The maximum Gasteiger partial charge on any atom is 0.260 e. The molecule has 0 atom stereocenters. The zero-order valence-corrected chi connectivity index (χ0v) is 14.8.